The van der Waals surface area contributed by atoms with Gasteiger partial charge in [-0.05, 0) is 37.7 Å². The molecular weight excluding hydrogens is 270 g/mol. The summed E-state index contributed by atoms with van der Waals surface area (Å²) in [7, 11) is 3.68. The van der Waals surface area contributed by atoms with Gasteiger partial charge in [0, 0.05) is 32.1 Å². The third-order valence-electron chi connectivity index (χ3n) is 3.85. The van der Waals surface area contributed by atoms with E-state index >= 15 is 0 Å². The molecule has 0 atom stereocenters. The molecule has 4 nitrogen and oxygen atoms in total. The van der Waals surface area contributed by atoms with Gasteiger partial charge in [0.05, 0.1) is 5.39 Å². The molecule has 0 spiro atoms. The highest BCUT2D eigenvalue weighted by Crippen LogP contribution is 2.38. The van der Waals surface area contributed by atoms with Gasteiger partial charge in [-0.2, -0.15) is 0 Å². The van der Waals surface area contributed by atoms with Crippen molar-refractivity contribution < 1.29 is 4.74 Å². The minimum Gasteiger partial charge on any atom is -0.385 e. The first-order chi connectivity index (χ1) is 9.83. The Balaban J connectivity index is 2.00. The summed E-state index contributed by atoms with van der Waals surface area (Å²) < 4.78 is 5.11. The second-order valence-corrected chi connectivity index (χ2v) is 6.31. The molecule has 0 saturated heterocycles. The molecule has 1 N–H and O–H groups in total. The highest BCUT2D eigenvalue weighted by molar-refractivity contribution is 7.19. The minimum absolute atomic E-state index is 0.761. The van der Waals surface area contributed by atoms with E-state index in [-0.39, 0.29) is 0 Å². The van der Waals surface area contributed by atoms with E-state index < -0.39 is 0 Å². The Kier molecular flexibility index (Phi) is 4.17. The lowest BCUT2D eigenvalue weighted by atomic mass is 9.97. The fraction of sp³-hybridized carbons (Fsp3) is 0.600. The first-order valence-corrected chi connectivity index (χ1v) is 8.13. The number of methoxy groups -OCH3 is 1. The summed E-state index contributed by atoms with van der Waals surface area (Å²) in [4.78, 5) is 12.1. The molecular formula is C15H21N3OS. The number of rotatable bonds is 5. The van der Waals surface area contributed by atoms with Gasteiger partial charge in [-0.15, -0.1) is 11.3 Å². The Morgan fingerprint density at radius 1 is 1.25 bits per heavy atom. The number of fused-ring (bicyclic) bond motifs is 3. The molecule has 0 aromatic carbocycles. The zero-order valence-electron chi connectivity index (χ0n) is 12.2. The lowest BCUT2D eigenvalue weighted by molar-refractivity contribution is 0.194. The van der Waals surface area contributed by atoms with Crippen molar-refractivity contribution in [2.24, 2.45) is 0 Å². The molecule has 20 heavy (non-hydrogen) atoms. The quantitative estimate of drug-likeness (QED) is 0.859. The molecule has 0 amide bonds. The molecule has 0 aliphatic heterocycles. The van der Waals surface area contributed by atoms with Crippen molar-refractivity contribution >= 4 is 27.4 Å². The minimum atomic E-state index is 0.761. The average Bonchev–Trinajstić information content (AvgIpc) is 2.85. The van der Waals surface area contributed by atoms with E-state index in [0.717, 1.165) is 35.9 Å². The average molecular weight is 291 g/mol. The summed E-state index contributed by atoms with van der Waals surface area (Å²) in [5.41, 5.74) is 1.49. The van der Waals surface area contributed by atoms with Gasteiger partial charge in [0.25, 0.3) is 0 Å². The van der Waals surface area contributed by atoms with Gasteiger partial charge >= 0.3 is 0 Å². The van der Waals surface area contributed by atoms with Crippen LogP contribution in [0, 0.1) is 0 Å². The number of nitrogens with zero attached hydrogens (tertiary/aromatic N) is 2. The van der Waals surface area contributed by atoms with Crippen LogP contribution in [-0.2, 0) is 24.0 Å². The van der Waals surface area contributed by atoms with Gasteiger partial charge < -0.3 is 10.1 Å². The van der Waals surface area contributed by atoms with E-state index in [2.05, 4.69) is 5.32 Å². The predicted molar refractivity (Wildman–Crippen MR) is 83.8 cm³/mol. The van der Waals surface area contributed by atoms with Crippen LogP contribution in [0.1, 0.15) is 35.5 Å². The fourth-order valence-corrected chi connectivity index (χ4v) is 4.15. The van der Waals surface area contributed by atoms with Crippen molar-refractivity contribution in [3.63, 3.8) is 0 Å². The summed E-state index contributed by atoms with van der Waals surface area (Å²) in [5, 5.41) is 4.53. The van der Waals surface area contributed by atoms with Gasteiger partial charge in [-0.1, -0.05) is 0 Å². The monoisotopic (exact) mass is 291 g/mol. The standard InChI is InChI=1S/C15H21N3OS/c1-16-14-13-10-6-3-4-7-11(10)20-15(13)18-12(17-14)8-5-9-19-2/h3-9H2,1-2H3,(H,16,17,18). The Labute approximate surface area is 123 Å². The van der Waals surface area contributed by atoms with E-state index in [0.29, 0.717) is 0 Å². The second kappa shape index (κ2) is 6.06. The number of aryl methyl sites for hydroxylation is 3. The molecule has 2 aromatic rings. The van der Waals surface area contributed by atoms with E-state index in [1.165, 1.54) is 41.5 Å². The maximum Gasteiger partial charge on any atom is 0.138 e. The number of ether oxygens (including phenoxy) is 1. The molecule has 0 saturated carbocycles. The smallest absolute Gasteiger partial charge is 0.138 e. The third kappa shape index (κ3) is 2.52. The van der Waals surface area contributed by atoms with Gasteiger partial charge in [0.2, 0.25) is 0 Å². The van der Waals surface area contributed by atoms with Crippen LogP contribution in [0.3, 0.4) is 0 Å². The van der Waals surface area contributed by atoms with Crippen molar-refractivity contribution in [2.45, 2.75) is 38.5 Å². The summed E-state index contributed by atoms with van der Waals surface area (Å²) in [5.74, 6) is 1.93. The molecule has 108 valence electrons. The van der Waals surface area contributed by atoms with E-state index in [1.807, 2.05) is 18.4 Å². The lowest BCUT2D eigenvalue weighted by Crippen LogP contribution is -2.04. The Morgan fingerprint density at radius 2 is 2.10 bits per heavy atom. The molecule has 3 rings (SSSR count). The molecule has 1 aliphatic carbocycles. The van der Waals surface area contributed by atoms with Crippen molar-refractivity contribution in [1.82, 2.24) is 9.97 Å². The van der Waals surface area contributed by atoms with Crippen LogP contribution in [0.15, 0.2) is 0 Å². The van der Waals surface area contributed by atoms with E-state index in [1.54, 1.807) is 7.11 Å². The van der Waals surface area contributed by atoms with Gasteiger partial charge in [0.1, 0.15) is 16.5 Å². The van der Waals surface area contributed by atoms with Crippen LogP contribution < -0.4 is 5.32 Å². The zero-order chi connectivity index (χ0) is 13.9. The Morgan fingerprint density at radius 3 is 2.90 bits per heavy atom. The number of nitrogens with one attached hydrogen (secondary N) is 1. The second-order valence-electron chi connectivity index (χ2n) is 5.23. The first kappa shape index (κ1) is 13.8. The number of hydrogen-bond acceptors (Lipinski definition) is 5. The van der Waals surface area contributed by atoms with Gasteiger partial charge in [-0.3, -0.25) is 0 Å². The number of thiophene rings is 1. The Hall–Kier alpha value is -1.20. The molecule has 0 unspecified atom stereocenters. The molecule has 5 heteroatoms. The van der Waals surface area contributed by atoms with Crippen molar-refractivity contribution in [1.29, 1.82) is 0 Å². The fourth-order valence-electron chi connectivity index (χ4n) is 2.87. The molecule has 0 bridgehead atoms. The molecule has 0 radical (unpaired) electrons. The van der Waals surface area contributed by atoms with Crippen molar-refractivity contribution in [3.05, 3.63) is 16.3 Å². The van der Waals surface area contributed by atoms with Crippen LogP contribution in [0.4, 0.5) is 5.82 Å². The predicted octanol–water partition coefficient (Wildman–Crippen LogP) is 3.19. The van der Waals surface area contributed by atoms with Crippen molar-refractivity contribution in [3.8, 4) is 0 Å². The highest BCUT2D eigenvalue weighted by Gasteiger charge is 2.20. The van der Waals surface area contributed by atoms with Gasteiger partial charge in [-0.25, -0.2) is 9.97 Å². The topological polar surface area (TPSA) is 47.0 Å². The van der Waals surface area contributed by atoms with Crippen LogP contribution in [0.25, 0.3) is 10.2 Å². The maximum atomic E-state index is 5.11. The maximum absolute atomic E-state index is 5.11. The van der Waals surface area contributed by atoms with Crippen molar-refractivity contribution in [2.75, 3.05) is 26.1 Å². The number of hydrogen-bond donors (Lipinski definition) is 1. The summed E-state index contributed by atoms with van der Waals surface area (Å²) in [6.45, 7) is 0.761. The van der Waals surface area contributed by atoms with Crippen LogP contribution in [0.5, 0.6) is 0 Å². The van der Waals surface area contributed by atoms with Gasteiger partial charge in [0.15, 0.2) is 0 Å². The van der Waals surface area contributed by atoms with Crippen LogP contribution in [0.2, 0.25) is 0 Å². The Bertz CT molecular complexity index is 609. The number of aromatic nitrogens is 2. The molecule has 0 fully saturated rings. The third-order valence-corrected chi connectivity index (χ3v) is 5.03. The normalized spacial score (nSPS) is 14.5. The summed E-state index contributed by atoms with van der Waals surface area (Å²) >= 11 is 1.86. The highest BCUT2D eigenvalue weighted by atomic mass is 32.1. The molecule has 2 aromatic heterocycles. The summed E-state index contributed by atoms with van der Waals surface area (Å²) in [6, 6.07) is 0. The summed E-state index contributed by atoms with van der Waals surface area (Å²) in [6.07, 6.45) is 6.83. The number of anilines is 1. The largest absolute Gasteiger partial charge is 0.385 e. The van der Waals surface area contributed by atoms with Crippen LogP contribution >= 0.6 is 11.3 Å². The SMILES string of the molecule is CNc1nc(CCCOC)nc2sc3c(c12)CCCC3. The lowest BCUT2D eigenvalue weighted by Gasteiger charge is -2.12. The first-order valence-electron chi connectivity index (χ1n) is 7.31. The molecule has 2 heterocycles. The van der Waals surface area contributed by atoms with E-state index in [4.69, 9.17) is 14.7 Å². The molecule has 1 aliphatic rings. The van der Waals surface area contributed by atoms with Crippen LogP contribution in [-0.4, -0.2) is 30.7 Å². The van der Waals surface area contributed by atoms with E-state index in [9.17, 15) is 0 Å². The zero-order valence-corrected chi connectivity index (χ0v) is 13.0.